The van der Waals surface area contributed by atoms with E-state index in [1.54, 1.807) is 42.7 Å². The lowest BCUT2D eigenvalue weighted by molar-refractivity contribution is 0.102. The molecular weight excluding hydrogens is 316 g/mol. The third kappa shape index (κ3) is 3.57. The van der Waals surface area contributed by atoms with Crippen LogP contribution in [0.1, 0.15) is 15.9 Å². The van der Waals surface area contributed by atoms with E-state index in [-0.39, 0.29) is 5.91 Å². The van der Waals surface area contributed by atoms with Gasteiger partial charge in [0.2, 0.25) is 0 Å². The van der Waals surface area contributed by atoms with Crippen LogP contribution in [0.25, 0.3) is 11.1 Å². The number of anilines is 1. The number of aromatic amines is 1. The lowest BCUT2D eigenvalue weighted by atomic mass is 10.1. The van der Waals surface area contributed by atoms with Gasteiger partial charge in [-0.2, -0.15) is 0 Å². The van der Waals surface area contributed by atoms with Crippen LogP contribution in [0, 0.1) is 0 Å². The summed E-state index contributed by atoms with van der Waals surface area (Å²) in [5.74, 6) is -0.411. The Morgan fingerprint density at radius 1 is 1.26 bits per heavy atom. The first kappa shape index (κ1) is 15.2. The predicted molar refractivity (Wildman–Crippen MR) is 89.0 cm³/mol. The van der Waals surface area contributed by atoms with Crippen LogP contribution in [0.4, 0.5) is 5.69 Å². The van der Waals surface area contributed by atoms with E-state index in [4.69, 9.17) is 4.42 Å². The summed E-state index contributed by atoms with van der Waals surface area (Å²) in [5.41, 5.74) is 2.81. The molecule has 0 bridgehead atoms. The quantitative estimate of drug-likeness (QED) is 0.767. The van der Waals surface area contributed by atoms with E-state index in [0.29, 0.717) is 28.1 Å². The molecule has 2 N–H and O–H groups in total. The minimum Gasteiger partial charge on any atom is -0.408 e. The molecule has 2 aromatic carbocycles. The van der Waals surface area contributed by atoms with Gasteiger partial charge in [-0.3, -0.25) is 14.0 Å². The Bertz CT molecular complexity index is 958. The molecule has 6 nitrogen and oxygen atoms in total. The summed E-state index contributed by atoms with van der Waals surface area (Å²) in [4.78, 5) is 26.0. The van der Waals surface area contributed by atoms with Crippen molar-refractivity contribution in [2.24, 2.45) is 0 Å². The van der Waals surface area contributed by atoms with Crippen molar-refractivity contribution in [3.63, 3.8) is 0 Å². The Morgan fingerprint density at radius 3 is 2.87 bits per heavy atom. The molecule has 0 saturated carbocycles. The standard InChI is InChI=1S/C16H14N2O4S/c1-23(21)9-10-3-2-4-11(7-10)15(19)17-12-5-6-14-13(8-12)18-16(20)22-14/h2-8H,9H2,1H3,(H,17,19)(H,18,20). The molecule has 0 fully saturated rings. The van der Waals surface area contributed by atoms with Crippen LogP contribution in [0.3, 0.4) is 0 Å². The molecule has 1 amide bonds. The average Bonchev–Trinajstić information content (AvgIpc) is 2.86. The molecule has 1 aromatic heterocycles. The van der Waals surface area contributed by atoms with Crippen LogP contribution < -0.4 is 11.1 Å². The van der Waals surface area contributed by atoms with E-state index in [1.807, 2.05) is 6.07 Å². The van der Waals surface area contributed by atoms with Crippen molar-refractivity contribution in [2.45, 2.75) is 5.75 Å². The highest BCUT2D eigenvalue weighted by Gasteiger charge is 2.09. The molecule has 7 heteroatoms. The van der Waals surface area contributed by atoms with Gasteiger partial charge in [0.25, 0.3) is 5.91 Å². The van der Waals surface area contributed by atoms with Crippen molar-refractivity contribution in [1.29, 1.82) is 0 Å². The Labute approximate surface area is 134 Å². The van der Waals surface area contributed by atoms with Gasteiger partial charge < -0.3 is 9.73 Å². The fraction of sp³-hybridized carbons (Fsp3) is 0.125. The number of oxazole rings is 1. The van der Waals surface area contributed by atoms with E-state index >= 15 is 0 Å². The van der Waals surface area contributed by atoms with E-state index in [1.165, 1.54) is 0 Å². The zero-order chi connectivity index (χ0) is 16.4. The molecule has 1 heterocycles. The second kappa shape index (κ2) is 6.21. The summed E-state index contributed by atoms with van der Waals surface area (Å²) >= 11 is 0. The number of benzene rings is 2. The minimum atomic E-state index is -0.965. The number of aromatic nitrogens is 1. The number of rotatable bonds is 4. The maximum Gasteiger partial charge on any atom is 0.417 e. The molecule has 3 aromatic rings. The molecule has 1 atom stereocenters. The third-order valence-corrected chi connectivity index (χ3v) is 3.98. The lowest BCUT2D eigenvalue weighted by Crippen LogP contribution is -2.12. The largest absolute Gasteiger partial charge is 0.417 e. The summed E-state index contributed by atoms with van der Waals surface area (Å²) in [5, 5.41) is 2.76. The number of carbonyl (C=O) groups excluding carboxylic acids is 1. The number of fused-ring (bicyclic) bond motifs is 1. The molecule has 0 saturated heterocycles. The monoisotopic (exact) mass is 330 g/mol. The van der Waals surface area contributed by atoms with Crippen molar-refractivity contribution in [3.8, 4) is 0 Å². The molecule has 3 rings (SSSR count). The Morgan fingerprint density at radius 2 is 2.09 bits per heavy atom. The van der Waals surface area contributed by atoms with Gasteiger partial charge >= 0.3 is 5.76 Å². The molecule has 118 valence electrons. The van der Waals surface area contributed by atoms with Gasteiger partial charge in [0.05, 0.1) is 5.52 Å². The van der Waals surface area contributed by atoms with Gasteiger partial charge in [-0.15, -0.1) is 0 Å². The fourth-order valence-electron chi connectivity index (χ4n) is 2.27. The van der Waals surface area contributed by atoms with Crippen LogP contribution in [0.15, 0.2) is 51.7 Å². The van der Waals surface area contributed by atoms with Gasteiger partial charge in [-0.1, -0.05) is 12.1 Å². The number of hydrogen-bond donors (Lipinski definition) is 2. The van der Waals surface area contributed by atoms with Crippen LogP contribution in [-0.4, -0.2) is 21.4 Å². The van der Waals surface area contributed by atoms with Crippen molar-refractivity contribution in [2.75, 3.05) is 11.6 Å². The Kier molecular flexibility index (Phi) is 4.12. The number of H-pyrrole nitrogens is 1. The molecular formula is C16H14N2O4S. The first-order valence-corrected chi connectivity index (χ1v) is 8.57. The molecule has 0 spiro atoms. The van der Waals surface area contributed by atoms with Gasteiger partial charge in [0.15, 0.2) is 5.58 Å². The first-order valence-electron chi connectivity index (χ1n) is 6.84. The summed E-state index contributed by atoms with van der Waals surface area (Å²) in [6, 6.07) is 11.9. The minimum absolute atomic E-state index is 0.279. The summed E-state index contributed by atoms with van der Waals surface area (Å²) in [6.07, 6.45) is 1.62. The zero-order valence-electron chi connectivity index (χ0n) is 12.3. The van der Waals surface area contributed by atoms with E-state index in [2.05, 4.69) is 10.3 Å². The number of carbonyl (C=O) groups is 1. The Balaban J connectivity index is 1.82. The van der Waals surface area contributed by atoms with Gasteiger partial charge in [0.1, 0.15) is 0 Å². The molecule has 23 heavy (non-hydrogen) atoms. The van der Waals surface area contributed by atoms with Crippen molar-refractivity contribution in [3.05, 3.63) is 64.1 Å². The maximum absolute atomic E-state index is 12.3. The van der Waals surface area contributed by atoms with Gasteiger partial charge in [-0.25, -0.2) is 4.79 Å². The second-order valence-electron chi connectivity index (χ2n) is 5.10. The SMILES string of the molecule is CS(=O)Cc1cccc(C(=O)Nc2ccc3oc(=O)[nH]c3c2)c1. The summed E-state index contributed by atoms with van der Waals surface area (Å²) in [6.45, 7) is 0. The smallest absolute Gasteiger partial charge is 0.408 e. The van der Waals surface area contributed by atoms with Gasteiger partial charge in [-0.05, 0) is 35.9 Å². The van der Waals surface area contributed by atoms with Crippen LogP contribution in [0.5, 0.6) is 0 Å². The lowest BCUT2D eigenvalue weighted by Gasteiger charge is -2.06. The molecule has 0 aliphatic rings. The highest BCUT2D eigenvalue weighted by atomic mass is 32.2. The number of hydrogen-bond acceptors (Lipinski definition) is 4. The van der Waals surface area contributed by atoms with E-state index < -0.39 is 16.6 Å². The molecule has 1 unspecified atom stereocenters. The van der Waals surface area contributed by atoms with Crippen LogP contribution >= 0.6 is 0 Å². The normalized spacial score (nSPS) is 12.2. The maximum atomic E-state index is 12.3. The van der Waals surface area contributed by atoms with E-state index in [0.717, 1.165) is 5.56 Å². The highest BCUT2D eigenvalue weighted by molar-refractivity contribution is 7.83. The topological polar surface area (TPSA) is 92.2 Å². The van der Waals surface area contributed by atoms with Crippen LogP contribution in [0.2, 0.25) is 0 Å². The highest BCUT2D eigenvalue weighted by Crippen LogP contribution is 2.17. The summed E-state index contributed by atoms with van der Waals surface area (Å²) in [7, 11) is -0.965. The molecule has 0 aliphatic carbocycles. The van der Waals surface area contributed by atoms with Gasteiger partial charge in [0, 0.05) is 34.1 Å². The predicted octanol–water partition coefficient (Wildman–Crippen LogP) is 2.25. The van der Waals surface area contributed by atoms with Crippen molar-refractivity contribution in [1.82, 2.24) is 4.98 Å². The molecule has 0 radical (unpaired) electrons. The first-order chi connectivity index (χ1) is 11.0. The number of amides is 1. The third-order valence-electron chi connectivity index (χ3n) is 3.24. The van der Waals surface area contributed by atoms with Crippen LogP contribution in [-0.2, 0) is 16.6 Å². The summed E-state index contributed by atoms with van der Waals surface area (Å²) < 4.78 is 16.2. The average molecular weight is 330 g/mol. The van der Waals surface area contributed by atoms with E-state index in [9.17, 15) is 13.8 Å². The molecule has 0 aliphatic heterocycles. The fourth-order valence-corrected chi connectivity index (χ4v) is 2.92. The zero-order valence-corrected chi connectivity index (χ0v) is 13.1. The van der Waals surface area contributed by atoms with Crippen molar-refractivity contribution < 1.29 is 13.4 Å². The Hall–Kier alpha value is -2.67. The second-order valence-corrected chi connectivity index (χ2v) is 6.53. The number of nitrogens with one attached hydrogen (secondary N) is 2. The van der Waals surface area contributed by atoms with Crippen molar-refractivity contribution >= 4 is 33.5 Å².